The normalized spacial score (nSPS) is 22.6. The fourth-order valence-electron chi connectivity index (χ4n) is 2.70. The Balaban J connectivity index is 2.10. The highest BCUT2D eigenvalue weighted by Crippen LogP contribution is 2.42. The first-order valence-corrected chi connectivity index (χ1v) is 11.3. The molecular formula is C16H21F2N3Si. The lowest BCUT2D eigenvalue weighted by Gasteiger charge is -2.39. The second kappa shape index (κ2) is 5.02. The van der Waals surface area contributed by atoms with E-state index in [9.17, 15) is 8.78 Å². The average molecular weight is 321 g/mol. The highest BCUT2D eigenvalue weighted by Gasteiger charge is 2.43. The van der Waals surface area contributed by atoms with Gasteiger partial charge in [0, 0.05) is 24.6 Å². The smallest absolute Gasteiger partial charge is 0.290 e. The van der Waals surface area contributed by atoms with Crippen molar-refractivity contribution >= 4 is 14.0 Å². The van der Waals surface area contributed by atoms with Gasteiger partial charge >= 0.3 is 0 Å². The summed E-state index contributed by atoms with van der Waals surface area (Å²) in [5.74, 6) is 0.647. The lowest BCUT2D eigenvalue weighted by molar-refractivity contribution is -0.00596. The molecule has 0 N–H and O–H groups in total. The number of hydrogen-bond donors (Lipinski definition) is 0. The van der Waals surface area contributed by atoms with Gasteiger partial charge < -0.3 is 4.90 Å². The molecule has 0 unspecified atom stereocenters. The number of aromatic nitrogens is 2. The summed E-state index contributed by atoms with van der Waals surface area (Å²) in [7, 11) is -1.58. The maximum atomic E-state index is 14.1. The molecule has 22 heavy (non-hydrogen) atoms. The van der Waals surface area contributed by atoms with Crippen molar-refractivity contribution < 1.29 is 8.78 Å². The monoisotopic (exact) mass is 321 g/mol. The summed E-state index contributed by atoms with van der Waals surface area (Å²) in [6.45, 7) is 9.29. The van der Waals surface area contributed by atoms with Gasteiger partial charge in [0.2, 0.25) is 5.95 Å². The Morgan fingerprint density at radius 3 is 2.55 bits per heavy atom. The van der Waals surface area contributed by atoms with Gasteiger partial charge in [0.15, 0.2) is 0 Å². The third kappa shape index (κ3) is 2.74. The minimum atomic E-state index is -2.85. The number of anilines is 1. The van der Waals surface area contributed by atoms with Crippen LogP contribution in [0.1, 0.15) is 36.7 Å². The molecule has 2 heterocycles. The Labute approximate surface area is 131 Å². The lowest BCUT2D eigenvalue weighted by Crippen LogP contribution is -2.47. The van der Waals surface area contributed by atoms with Crippen LogP contribution < -0.4 is 4.90 Å². The fraction of sp³-hybridized carbons (Fsp3) is 0.625. The second-order valence-electron chi connectivity index (χ2n) is 7.23. The van der Waals surface area contributed by atoms with Crippen LogP contribution in [0.2, 0.25) is 19.6 Å². The zero-order valence-electron chi connectivity index (χ0n) is 13.5. The summed E-state index contributed by atoms with van der Waals surface area (Å²) < 4.78 is 28.2. The van der Waals surface area contributed by atoms with E-state index in [2.05, 4.69) is 48.0 Å². The van der Waals surface area contributed by atoms with Crippen molar-refractivity contribution in [2.75, 3.05) is 11.4 Å². The van der Waals surface area contributed by atoms with Crippen LogP contribution in [-0.2, 0) is 12.3 Å². The molecule has 6 heteroatoms. The van der Waals surface area contributed by atoms with Crippen molar-refractivity contribution in [2.45, 2.75) is 57.8 Å². The van der Waals surface area contributed by atoms with Gasteiger partial charge in [-0.1, -0.05) is 25.6 Å². The Morgan fingerprint density at radius 1 is 1.27 bits per heavy atom. The molecule has 0 bridgehead atoms. The van der Waals surface area contributed by atoms with Crippen LogP contribution in [0.4, 0.5) is 14.7 Å². The molecule has 0 amide bonds. The summed E-state index contributed by atoms with van der Waals surface area (Å²) in [5.41, 5.74) is 4.20. The van der Waals surface area contributed by atoms with Gasteiger partial charge in [-0.2, -0.15) is 8.78 Å². The molecule has 1 saturated heterocycles. The molecular weight excluding hydrogens is 300 g/mol. The van der Waals surface area contributed by atoms with E-state index in [1.807, 2.05) is 4.90 Å². The summed E-state index contributed by atoms with van der Waals surface area (Å²) in [6, 6.07) is 0.311. The third-order valence-electron chi connectivity index (χ3n) is 4.16. The number of hydrogen-bond acceptors (Lipinski definition) is 3. The Kier molecular flexibility index (Phi) is 3.52. The summed E-state index contributed by atoms with van der Waals surface area (Å²) >= 11 is 0. The highest BCUT2D eigenvalue weighted by molar-refractivity contribution is 6.83. The van der Waals surface area contributed by atoms with E-state index in [-0.39, 0.29) is 12.1 Å². The van der Waals surface area contributed by atoms with Crippen LogP contribution in [-0.4, -0.2) is 30.6 Å². The largest absolute Gasteiger partial charge is 0.338 e. The van der Waals surface area contributed by atoms with Crippen LogP contribution in [0.3, 0.4) is 0 Å². The van der Waals surface area contributed by atoms with E-state index < -0.39 is 14.0 Å². The second-order valence-corrected chi connectivity index (χ2v) is 12.0. The first-order chi connectivity index (χ1) is 10.2. The predicted molar refractivity (Wildman–Crippen MR) is 85.9 cm³/mol. The zero-order chi connectivity index (χ0) is 16.1. The van der Waals surface area contributed by atoms with E-state index in [1.54, 1.807) is 0 Å². The van der Waals surface area contributed by atoms with E-state index in [0.717, 1.165) is 13.0 Å². The molecule has 118 valence electrons. The SMILES string of the molecule is C[C@H]1CCN1c1nc(C#C[Si](C)(C)C)c2c(n1)C(F)(F)CC2. The summed E-state index contributed by atoms with van der Waals surface area (Å²) in [6.07, 6.45) is 1.18. The van der Waals surface area contributed by atoms with Crippen molar-refractivity contribution in [3.05, 3.63) is 17.0 Å². The average Bonchev–Trinajstić information content (AvgIpc) is 2.70. The maximum Gasteiger partial charge on any atom is 0.290 e. The molecule has 1 aliphatic carbocycles. The molecule has 1 aromatic heterocycles. The number of nitrogens with zero attached hydrogens (tertiary/aromatic N) is 3. The summed E-state index contributed by atoms with van der Waals surface area (Å²) in [5, 5.41) is 0. The van der Waals surface area contributed by atoms with Crippen LogP contribution in [0.15, 0.2) is 0 Å². The standard InChI is InChI=1S/C16H21F2N3Si/c1-11-6-9-21(11)15-19-13(7-10-22(2,3)4)12-5-8-16(17,18)14(12)20-15/h11H,5-6,8-9H2,1-4H3/t11-/m0/s1. The van der Waals surface area contributed by atoms with Gasteiger partial charge in [-0.3, -0.25) is 0 Å². The van der Waals surface area contributed by atoms with Crippen LogP contribution in [0.25, 0.3) is 0 Å². The van der Waals surface area contributed by atoms with Crippen molar-refractivity contribution in [3.63, 3.8) is 0 Å². The molecule has 1 aromatic rings. The highest BCUT2D eigenvalue weighted by atomic mass is 28.3. The Morgan fingerprint density at radius 2 is 2.00 bits per heavy atom. The molecule has 0 radical (unpaired) electrons. The van der Waals surface area contributed by atoms with Crippen LogP contribution in [0.5, 0.6) is 0 Å². The zero-order valence-corrected chi connectivity index (χ0v) is 14.5. The minimum Gasteiger partial charge on any atom is -0.338 e. The van der Waals surface area contributed by atoms with E-state index in [0.29, 0.717) is 29.7 Å². The van der Waals surface area contributed by atoms with Gasteiger partial charge in [0.05, 0.1) is 0 Å². The predicted octanol–water partition coefficient (Wildman–Crippen LogP) is 3.34. The molecule has 0 spiro atoms. The van der Waals surface area contributed by atoms with Gasteiger partial charge in [0.25, 0.3) is 5.92 Å². The fourth-order valence-corrected chi connectivity index (χ4v) is 3.20. The number of halogens is 2. The Hall–Kier alpha value is -1.48. The number of fused-ring (bicyclic) bond motifs is 1. The van der Waals surface area contributed by atoms with E-state index >= 15 is 0 Å². The van der Waals surface area contributed by atoms with Crippen molar-refractivity contribution in [3.8, 4) is 11.5 Å². The first kappa shape index (κ1) is 15.4. The molecule has 1 fully saturated rings. The molecule has 0 aromatic carbocycles. The topological polar surface area (TPSA) is 29.0 Å². The molecule has 3 nitrogen and oxygen atoms in total. The first-order valence-electron chi connectivity index (χ1n) is 7.76. The van der Waals surface area contributed by atoms with Crippen molar-refractivity contribution in [2.24, 2.45) is 0 Å². The number of alkyl halides is 2. The van der Waals surface area contributed by atoms with Gasteiger partial charge in [-0.05, 0) is 19.8 Å². The maximum absolute atomic E-state index is 14.1. The Bertz CT molecular complexity index is 670. The number of rotatable bonds is 1. The van der Waals surface area contributed by atoms with E-state index in [1.165, 1.54) is 0 Å². The van der Waals surface area contributed by atoms with Crippen molar-refractivity contribution in [1.29, 1.82) is 0 Å². The van der Waals surface area contributed by atoms with Crippen LogP contribution >= 0.6 is 0 Å². The quantitative estimate of drug-likeness (QED) is 0.587. The van der Waals surface area contributed by atoms with Gasteiger partial charge in [-0.25, -0.2) is 9.97 Å². The minimum absolute atomic E-state index is 0.100. The van der Waals surface area contributed by atoms with Gasteiger partial charge in [0.1, 0.15) is 19.5 Å². The molecule has 1 aliphatic heterocycles. The van der Waals surface area contributed by atoms with Gasteiger partial charge in [-0.15, -0.1) is 5.54 Å². The van der Waals surface area contributed by atoms with E-state index in [4.69, 9.17) is 0 Å². The van der Waals surface area contributed by atoms with Crippen LogP contribution in [0, 0.1) is 11.5 Å². The molecule has 1 atom stereocenters. The summed E-state index contributed by atoms with van der Waals surface area (Å²) in [4.78, 5) is 10.7. The third-order valence-corrected chi connectivity index (χ3v) is 5.04. The lowest BCUT2D eigenvalue weighted by atomic mass is 10.1. The molecule has 3 rings (SSSR count). The molecule has 0 saturated carbocycles. The molecule has 2 aliphatic rings. The van der Waals surface area contributed by atoms with Crippen molar-refractivity contribution in [1.82, 2.24) is 9.97 Å².